The van der Waals surface area contributed by atoms with Crippen LogP contribution in [0.25, 0.3) is 0 Å². The van der Waals surface area contributed by atoms with Gasteiger partial charge < -0.3 is 19.7 Å². The maximum absolute atomic E-state index is 10.2. The van der Waals surface area contributed by atoms with Gasteiger partial charge in [-0.2, -0.15) is 0 Å². The maximum Gasteiger partial charge on any atom is 0.161 e. The molecule has 0 aromatic heterocycles. The third-order valence-corrected chi connectivity index (χ3v) is 4.90. The third kappa shape index (κ3) is 5.35. The first-order valence-corrected chi connectivity index (χ1v) is 9.19. The fraction of sp³-hybridized carbons (Fsp3) is 0.714. The Morgan fingerprint density at radius 1 is 1.24 bits per heavy atom. The zero-order valence-corrected chi connectivity index (χ0v) is 16.6. The van der Waals surface area contributed by atoms with Gasteiger partial charge in [0.25, 0.3) is 0 Å². The molecular formula is C21H34O4. The lowest BCUT2D eigenvalue weighted by molar-refractivity contribution is -0.0696. The number of aliphatic hydroxyl groups is 1. The standard InChI is InChI=1S/C21H34O4/c1-19(2,3)13-20(4,5)15-7-8-17(23)18(11-15)24-14-21(6)10-9-16(12-22)25-21/h7-8,11,16,22-23H,9-10,12-14H2,1-6H3. The van der Waals surface area contributed by atoms with E-state index in [-0.39, 0.29) is 29.3 Å². The van der Waals surface area contributed by atoms with Crippen LogP contribution >= 0.6 is 0 Å². The number of phenols is 1. The van der Waals surface area contributed by atoms with Crippen LogP contribution in [0.5, 0.6) is 11.5 Å². The van der Waals surface area contributed by atoms with E-state index in [2.05, 4.69) is 34.6 Å². The highest BCUT2D eigenvalue weighted by molar-refractivity contribution is 5.44. The Morgan fingerprint density at radius 3 is 2.48 bits per heavy atom. The molecule has 2 atom stereocenters. The zero-order valence-electron chi connectivity index (χ0n) is 16.6. The summed E-state index contributed by atoms with van der Waals surface area (Å²) >= 11 is 0. The Hall–Kier alpha value is -1.26. The second-order valence-electron chi connectivity index (χ2n) is 9.50. The van der Waals surface area contributed by atoms with Gasteiger partial charge in [-0.25, -0.2) is 0 Å². The molecule has 4 nitrogen and oxygen atoms in total. The lowest BCUT2D eigenvalue weighted by atomic mass is 9.72. The van der Waals surface area contributed by atoms with Crippen LogP contribution in [-0.2, 0) is 10.2 Å². The van der Waals surface area contributed by atoms with Gasteiger partial charge in [-0.05, 0) is 54.7 Å². The Balaban J connectivity index is 2.11. The topological polar surface area (TPSA) is 58.9 Å². The van der Waals surface area contributed by atoms with E-state index in [0.717, 1.165) is 24.8 Å². The van der Waals surface area contributed by atoms with E-state index >= 15 is 0 Å². The summed E-state index contributed by atoms with van der Waals surface area (Å²) in [7, 11) is 0. The normalized spacial score (nSPS) is 24.5. The average molecular weight is 350 g/mol. The van der Waals surface area contributed by atoms with E-state index < -0.39 is 5.60 Å². The molecule has 1 aliphatic heterocycles. The van der Waals surface area contributed by atoms with E-state index in [0.29, 0.717) is 12.4 Å². The molecule has 2 N–H and O–H groups in total. The highest BCUT2D eigenvalue weighted by atomic mass is 16.6. The van der Waals surface area contributed by atoms with E-state index in [1.54, 1.807) is 6.07 Å². The van der Waals surface area contributed by atoms with Crippen molar-refractivity contribution in [1.82, 2.24) is 0 Å². The van der Waals surface area contributed by atoms with Crippen LogP contribution in [0.4, 0.5) is 0 Å². The Labute approximate surface area is 152 Å². The molecule has 0 saturated carbocycles. The van der Waals surface area contributed by atoms with Crippen molar-refractivity contribution in [3.8, 4) is 11.5 Å². The van der Waals surface area contributed by atoms with Crippen molar-refractivity contribution in [3.05, 3.63) is 23.8 Å². The summed E-state index contributed by atoms with van der Waals surface area (Å²) in [5.74, 6) is 0.646. The average Bonchev–Trinajstić information content (AvgIpc) is 2.86. The quantitative estimate of drug-likeness (QED) is 0.797. The second-order valence-corrected chi connectivity index (χ2v) is 9.50. The van der Waals surface area contributed by atoms with Crippen molar-refractivity contribution in [2.75, 3.05) is 13.2 Å². The molecule has 142 valence electrons. The fourth-order valence-corrected chi connectivity index (χ4v) is 3.93. The number of hydrogen-bond donors (Lipinski definition) is 2. The summed E-state index contributed by atoms with van der Waals surface area (Å²) in [5, 5.41) is 19.4. The van der Waals surface area contributed by atoms with E-state index in [1.165, 1.54) is 0 Å². The zero-order chi connectivity index (χ0) is 18.9. The SMILES string of the molecule is CC(C)(C)CC(C)(C)c1ccc(O)c(OCC2(C)CCC(CO)O2)c1. The lowest BCUT2D eigenvalue weighted by Gasteiger charge is -2.33. The smallest absolute Gasteiger partial charge is 0.161 e. The predicted octanol–water partition coefficient (Wildman–Crippen LogP) is 4.41. The van der Waals surface area contributed by atoms with Gasteiger partial charge >= 0.3 is 0 Å². The molecule has 1 aromatic rings. The maximum atomic E-state index is 10.2. The molecule has 0 spiro atoms. The number of rotatable bonds is 6. The van der Waals surface area contributed by atoms with Crippen molar-refractivity contribution in [1.29, 1.82) is 0 Å². The van der Waals surface area contributed by atoms with Gasteiger partial charge in [-0.15, -0.1) is 0 Å². The van der Waals surface area contributed by atoms with Gasteiger partial charge in [0.15, 0.2) is 11.5 Å². The van der Waals surface area contributed by atoms with Gasteiger partial charge in [-0.3, -0.25) is 0 Å². The Kier molecular flexibility index (Phi) is 5.75. The highest BCUT2D eigenvalue weighted by Gasteiger charge is 2.37. The molecule has 1 heterocycles. The van der Waals surface area contributed by atoms with Gasteiger partial charge in [0.05, 0.1) is 18.3 Å². The van der Waals surface area contributed by atoms with Gasteiger partial charge in [0.1, 0.15) is 6.61 Å². The fourth-order valence-electron chi connectivity index (χ4n) is 3.93. The summed E-state index contributed by atoms with van der Waals surface area (Å²) in [6.07, 6.45) is 2.59. The van der Waals surface area contributed by atoms with Crippen LogP contribution in [-0.4, -0.2) is 35.1 Å². The van der Waals surface area contributed by atoms with Crippen molar-refractivity contribution < 1.29 is 19.7 Å². The highest BCUT2D eigenvalue weighted by Crippen LogP contribution is 2.40. The number of aromatic hydroxyl groups is 1. The first-order valence-electron chi connectivity index (χ1n) is 9.19. The minimum absolute atomic E-state index is 0.0141. The first kappa shape index (κ1) is 20.1. The van der Waals surface area contributed by atoms with Crippen molar-refractivity contribution in [2.24, 2.45) is 5.41 Å². The van der Waals surface area contributed by atoms with Gasteiger partial charge in [-0.1, -0.05) is 40.7 Å². The van der Waals surface area contributed by atoms with Crippen LogP contribution in [0.15, 0.2) is 18.2 Å². The van der Waals surface area contributed by atoms with E-state index in [4.69, 9.17) is 9.47 Å². The molecule has 1 aromatic carbocycles. The molecule has 25 heavy (non-hydrogen) atoms. The van der Waals surface area contributed by atoms with Crippen molar-refractivity contribution in [3.63, 3.8) is 0 Å². The molecule has 0 aliphatic carbocycles. The largest absolute Gasteiger partial charge is 0.504 e. The van der Waals surface area contributed by atoms with Crippen LogP contribution < -0.4 is 4.74 Å². The van der Waals surface area contributed by atoms with Crippen LogP contribution in [0.1, 0.15) is 66.4 Å². The molecular weight excluding hydrogens is 316 g/mol. The summed E-state index contributed by atoms with van der Waals surface area (Å²) in [6.45, 7) is 13.6. The molecule has 0 radical (unpaired) electrons. The molecule has 4 heteroatoms. The minimum Gasteiger partial charge on any atom is -0.504 e. The number of aliphatic hydroxyl groups excluding tert-OH is 1. The summed E-state index contributed by atoms with van der Waals surface area (Å²) in [6, 6.07) is 5.63. The Morgan fingerprint density at radius 2 is 1.92 bits per heavy atom. The molecule has 0 amide bonds. The first-order chi connectivity index (χ1) is 11.4. The molecule has 0 bridgehead atoms. The minimum atomic E-state index is -0.420. The Bertz CT molecular complexity index is 588. The second kappa shape index (κ2) is 7.16. The monoisotopic (exact) mass is 350 g/mol. The summed E-state index contributed by atoms with van der Waals surface area (Å²) in [5.41, 5.74) is 0.935. The molecule has 2 rings (SSSR count). The van der Waals surface area contributed by atoms with E-state index in [9.17, 15) is 10.2 Å². The molecule has 1 fully saturated rings. The van der Waals surface area contributed by atoms with Crippen molar-refractivity contribution in [2.45, 2.75) is 77.9 Å². The number of phenolic OH excluding ortho intramolecular Hbond substituents is 1. The predicted molar refractivity (Wildman–Crippen MR) is 100 cm³/mol. The van der Waals surface area contributed by atoms with Gasteiger partial charge in [0.2, 0.25) is 0 Å². The van der Waals surface area contributed by atoms with Gasteiger partial charge in [0, 0.05) is 0 Å². The van der Waals surface area contributed by atoms with Crippen LogP contribution in [0, 0.1) is 5.41 Å². The number of hydrogen-bond acceptors (Lipinski definition) is 4. The molecule has 1 saturated heterocycles. The van der Waals surface area contributed by atoms with Crippen LogP contribution in [0.2, 0.25) is 0 Å². The van der Waals surface area contributed by atoms with Crippen LogP contribution in [0.3, 0.4) is 0 Å². The third-order valence-electron chi connectivity index (χ3n) is 4.90. The number of benzene rings is 1. The molecule has 2 unspecified atom stereocenters. The van der Waals surface area contributed by atoms with E-state index in [1.807, 2.05) is 19.1 Å². The number of ether oxygens (including phenoxy) is 2. The van der Waals surface area contributed by atoms with Crippen molar-refractivity contribution >= 4 is 0 Å². The lowest BCUT2D eigenvalue weighted by Crippen LogP contribution is -2.33. The molecule has 1 aliphatic rings. The summed E-state index contributed by atoms with van der Waals surface area (Å²) in [4.78, 5) is 0. The summed E-state index contributed by atoms with van der Waals surface area (Å²) < 4.78 is 11.8.